The summed E-state index contributed by atoms with van der Waals surface area (Å²) in [5.74, 6) is -9.85. The van der Waals surface area contributed by atoms with Crippen molar-refractivity contribution in [3.63, 3.8) is 0 Å². The van der Waals surface area contributed by atoms with Crippen molar-refractivity contribution in [2.24, 2.45) is 20.6 Å². The quantitative estimate of drug-likeness (QED) is 0.00275. The highest BCUT2D eigenvalue weighted by Crippen LogP contribution is 2.33. The molecule has 0 atom stereocenters. The number of non-ortho nitro benzene ring substituents is 2. The van der Waals surface area contributed by atoms with E-state index in [4.69, 9.17) is 71.9 Å². The van der Waals surface area contributed by atoms with Crippen molar-refractivity contribution < 1.29 is 138 Å². The minimum Gasteiger partial charge on any atom is -0.507 e. The number of carboxylic acid groups (broad SMARTS) is 6. The van der Waals surface area contributed by atoms with Crippen molar-refractivity contribution in [2.45, 2.75) is 157 Å². The number of aliphatic carboxylic acids is 5. The molecule has 0 bridgehead atoms. The highest BCUT2D eigenvalue weighted by molar-refractivity contribution is 5.96. The lowest BCUT2D eigenvalue weighted by Crippen LogP contribution is -2.24. The van der Waals surface area contributed by atoms with Crippen LogP contribution in [-0.2, 0) is 68.6 Å². The number of aromatic hydroxyl groups is 5. The van der Waals surface area contributed by atoms with E-state index in [1.165, 1.54) is 78.9 Å². The molecule has 0 radical (unpaired) electrons. The third-order valence-corrected chi connectivity index (χ3v) is 16.6. The highest BCUT2D eigenvalue weighted by Gasteiger charge is 2.27. The molecule has 10 rings (SSSR count). The monoisotopic (exact) mass is 1930 g/mol. The highest BCUT2D eigenvalue weighted by atomic mass is 16.6. The fraction of sp³-hybridized carbons (Fsp3) is 0.250. The van der Waals surface area contributed by atoms with E-state index in [0.717, 1.165) is 53.6 Å². The molecule has 0 fully saturated rings. The Hall–Kier alpha value is -18.0. The van der Waals surface area contributed by atoms with Gasteiger partial charge in [0, 0.05) is 79.2 Å². The van der Waals surface area contributed by atoms with Crippen molar-refractivity contribution in [1.82, 2.24) is 0 Å². The SMILES string of the molecule is CC(C)(C)OC(=O)c1cc(N)ccc1O.CC(C)(C)OC(=O)c1cc(N)ccc1O.CC(C)(C)OC(=O)c1cc(N=Nc2ccccc2CCC(=O)O)ccc1O.CC(C)(C)OC(=O)c1cc([N+](=O)[O-])ccc1O.Nc1ccccc1CCC(=O)O.O=C(O)/C=C/c1ccccc1[N+](=O)[O-].O=C(O)c1cc([N+](=O)[O-])ccc1O.O=Nc1ccccc1CCC(=O)O.O=Nc1ccccc1CCC(=O)O. The first-order chi connectivity index (χ1) is 64.7. The first kappa shape index (κ1) is 117. The maximum atomic E-state index is 12.2. The Labute approximate surface area is 794 Å². The average molecular weight is 1930 g/mol. The molecule has 0 aliphatic rings. The number of nitrogen functional groups attached to an aromatic ring is 3. The van der Waals surface area contributed by atoms with Crippen molar-refractivity contribution >= 4 is 123 Å². The van der Waals surface area contributed by atoms with E-state index in [1.54, 1.807) is 168 Å². The van der Waals surface area contributed by atoms with Crippen molar-refractivity contribution in [3.05, 3.63) is 314 Å². The molecule has 17 N–H and O–H groups in total. The number of carbonyl (C=O) groups is 10. The van der Waals surface area contributed by atoms with Gasteiger partial charge >= 0.3 is 59.7 Å². The number of para-hydroxylation sites is 2. The van der Waals surface area contributed by atoms with Gasteiger partial charge < -0.3 is 92.3 Å². The minimum absolute atomic E-state index is 0.000498. The molecular weight excluding hydrogens is 1820 g/mol. The maximum Gasteiger partial charge on any atom is 0.342 e. The molecule has 0 saturated carbocycles. The lowest BCUT2D eigenvalue weighted by atomic mass is 10.1. The Morgan fingerprint density at radius 1 is 0.345 bits per heavy atom. The number of nitro benzene ring substituents is 3. The van der Waals surface area contributed by atoms with E-state index in [1.807, 2.05) is 18.2 Å². The van der Waals surface area contributed by atoms with Crippen LogP contribution in [0.15, 0.2) is 239 Å². The number of hydrogen-bond acceptors (Lipinski definition) is 34. The van der Waals surface area contributed by atoms with Gasteiger partial charge in [0.05, 0.1) is 31.7 Å². The van der Waals surface area contributed by atoms with E-state index in [-0.39, 0.29) is 93.6 Å². The van der Waals surface area contributed by atoms with E-state index >= 15 is 0 Å². The number of ether oxygens (including phenoxy) is 4. The maximum absolute atomic E-state index is 12.2. The van der Waals surface area contributed by atoms with E-state index in [0.29, 0.717) is 76.6 Å². The van der Waals surface area contributed by atoms with Crippen molar-refractivity contribution in [3.8, 4) is 28.7 Å². The molecule has 0 amide bonds. The topological polar surface area (TPSA) is 721 Å². The summed E-state index contributed by atoms with van der Waals surface area (Å²) in [6.45, 7) is 20.8. The summed E-state index contributed by atoms with van der Waals surface area (Å²) >= 11 is 0. The molecule has 43 nitrogen and oxygen atoms in total. The number of phenolic OH excluding ortho intramolecular Hbond substituents is 4. The van der Waals surface area contributed by atoms with Gasteiger partial charge in [-0.2, -0.15) is 10.2 Å². The smallest absolute Gasteiger partial charge is 0.342 e. The van der Waals surface area contributed by atoms with Gasteiger partial charge in [-0.3, -0.25) is 49.5 Å². The Kier molecular flexibility index (Phi) is 47.9. The van der Waals surface area contributed by atoms with Gasteiger partial charge in [-0.05, 0) is 245 Å². The number of phenols is 5. The van der Waals surface area contributed by atoms with Gasteiger partial charge in [0.15, 0.2) is 0 Å². The number of aryl methyl sites for hydroxylation is 4. The summed E-state index contributed by atoms with van der Waals surface area (Å²) in [7, 11) is 0. The Morgan fingerprint density at radius 2 is 0.640 bits per heavy atom. The van der Waals surface area contributed by atoms with Gasteiger partial charge in [0.25, 0.3) is 17.1 Å². The number of nitrogens with two attached hydrogens (primary N) is 3. The molecule has 0 aliphatic carbocycles. The summed E-state index contributed by atoms with van der Waals surface area (Å²) in [4.78, 5) is 159. The lowest BCUT2D eigenvalue weighted by Gasteiger charge is -2.19. The molecular formula is C96H106N10O33. The second kappa shape index (κ2) is 56.8. The summed E-state index contributed by atoms with van der Waals surface area (Å²) in [6.07, 6.45) is 3.75. The second-order valence-corrected chi connectivity index (χ2v) is 32.5. The van der Waals surface area contributed by atoms with Gasteiger partial charge in [0.1, 0.15) is 90.3 Å². The third kappa shape index (κ3) is 47.3. The normalized spacial score (nSPS) is 10.5. The molecule has 0 saturated heterocycles. The number of aromatic carboxylic acids is 1. The molecule has 139 heavy (non-hydrogen) atoms. The molecule has 0 heterocycles. The van der Waals surface area contributed by atoms with Crippen LogP contribution in [0.3, 0.4) is 0 Å². The predicted octanol–water partition coefficient (Wildman–Crippen LogP) is 19.1. The fourth-order valence-electron chi connectivity index (χ4n) is 10.4. The standard InChI is InChI=1S/C20H22N2O5.C11H13NO5.2C11H15NO3.C9H7NO4.2C9H9NO3.C9H11NO2.C7H5NO5/c1-20(2,3)27-19(26)15-12-14(9-10-17(15)23)21-22-16-7-5-4-6-13(16)8-11-18(24)25;1-11(2,3)17-10(14)8-6-7(12(15)16)4-5-9(8)13;2*1-11(2,3)15-10(14)8-6-7(12)4-5-9(8)13;11-9(12)6-5-7-3-1-2-4-8(7)10(13)14;2*11-9(12)6-5-7-3-1-2-4-8(7)10-13;10-8-4-2-1-3-7(8)5-6-9(11)12;9-6-2-1-4(8(12)13)3-5(6)7(10)11/h4-7,9-10,12,23H,8,11H2,1-3H3,(H,24,25);4-6,13H,1-3H3;2*4-6,13H,12H2,1-3H3;1-6H,(H,11,12);2*1-4H,5-6H2,(H,11,12);1-4H,5-6,10H2,(H,11,12);1-3,9H,(H,10,11)/b;;;;6-5+;;;;. The largest absolute Gasteiger partial charge is 0.507 e. The summed E-state index contributed by atoms with van der Waals surface area (Å²) in [6, 6.07) is 52.6. The Bertz CT molecular complexity index is 5910. The first-order valence-electron chi connectivity index (χ1n) is 41.0. The number of rotatable bonds is 26. The third-order valence-electron chi connectivity index (χ3n) is 16.6. The number of carboxylic acids is 6. The van der Waals surface area contributed by atoms with Crippen LogP contribution in [0.4, 0.5) is 56.9 Å². The van der Waals surface area contributed by atoms with Crippen LogP contribution >= 0.6 is 0 Å². The Balaban J connectivity index is 0.000000535. The van der Waals surface area contributed by atoms with E-state index in [2.05, 4.69) is 20.6 Å². The second-order valence-electron chi connectivity index (χ2n) is 32.5. The predicted molar refractivity (Wildman–Crippen MR) is 509 cm³/mol. The van der Waals surface area contributed by atoms with Crippen LogP contribution in [0.2, 0.25) is 0 Å². The minimum atomic E-state index is -1.40. The number of azo groups is 1. The van der Waals surface area contributed by atoms with Crippen LogP contribution in [0.1, 0.15) is 188 Å². The van der Waals surface area contributed by atoms with Gasteiger partial charge in [-0.1, -0.05) is 84.9 Å². The number of nitrogens with zero attached hydrogens (tertiary/aromatic N) is 7. The summed E-state index contributed by atoms with van der Waals surface area (Å²) in [5.41, 5.74) is 19.1. The van der Waals surface area contributed by atoms with Crippen LogP contribution in [0.25, 0.3) is 6.08 Å². The molecule has 0 aromatic heterocycles. The molecule has 0 unspecified atom stereocenters. The number of nitro groups is 3. The fourth-order valence-corrected chi connectivity index (χ4v) is 10.4. The van der Waals surface area contributed by atoms with Crippen LogP contribution < -0.4 is 17.2 Å². The molecule has 0 spiro atoms. The zero-order chi connectivity index (χ0) is 105. The zero-order valence-electron chi connectivity index (χ0n) is 77.3. The number of nitroso groups, excluding NO2 is 2. The van der Waals surface area contributed by atoms with E-state index < -0.39 is 108 Å². The van der Waals surface area contributed by atoms with Gasteiger partial charge in [-0.15, -0.1) is 9.81 Å². The Morgan fingerprint density at radius 3 is 0.978 bits per heavy atom. The molecule has 0 aliphatic heterocycles. The van der Waals surface area contributed by atoms with Crippen LogP contribution in [0, 0.1) is 40.2 Å². The van der Waals surface area contributed by atoms with Gasteiger partial charge in [-0.25, -0.2) is 28.8 Å². The number of esters is 4. The first-order valence-corrected chi connectivity index (χ1v) is 41.0. The number of benzene rings is 10. The van der Waals surface area contributed by atoms with E-state index in [9.17, 15) is 109 Å². The van der Waals surface area contributed by atoms with Crippen LogP contribution in [0.5, 0.6) is 28.7 Å². The van der Waals surface area contributed by atoms with Crippen molar-refractivity contribution in [2.75, 3.05) is 17.2 Å². The van der Waals surface area contributed by atoms with Gasteiger partial charge in [0.2, 0.25) is 0 Å². The summed E-state index contributed by atoms with van der Waals surface area (Å²) in [5, 5.41) is 143. The van der Waals surface area contributed by atoms with Crippen molar-refractivity contribution in [1.29, 1.82) is 0 Å². The summed E-state index contributed by atoms with van der Waals surface area (Å²) < 4.78 is 20.5. The number of anilines is 3. The lowest BCUT2D eigenvalue weighted by molar-refractivity contribution is -0.385. The molecule has 43 heteroatoms. The average Bonchev–Trinajstić information content (AvgIpc) is 0.821. The number of hydrogen-bond donors (Lipinski definition) is 14. The number of carbonyl (C=O) groups excluding carboxylic acids is 4. The van der Waals surface area contributed by atoms with Crippen LogP contribution in [-0.4, -0.2) is 153 Å². The molecule has 10 aromatic carbocycles. The molecule has 10 aromatic rings. The zero-order valence-corrected chi connectivity index (χ0v) is 77.3. The molecule has 738 valence electrons.